The molecule has 20 heavy (non-hydrogen) atoms. The fourth-order valence-corrected chi connectivity index (χ4v) is 3.25. The van der Waals surface area contributed by atoms with Gasteiger partial charge in [-0.2, -0.15) is 5.26 Å². The van der Waals surface area contributed by atoms with E-state index in [0.29, 0.717) is 0 Å². The minimum Gasteiger partial charge on any atom is -0.462 e. The van der Waals surface area contributed by atoms with Gasteiger partial charge in [-0.3, -0.25) is 4.57 Å². The SMILES string of the molecule is CCOC(=O)/C(C#N)=C/CP(=O)(OC(C)C)OC(C)C. The molecule has 0 saturated carbocycles. The Morgan fingerprint density at radius 1 is 1.25 bits per heavy atom. The van der Waals surface area contributed by atoms with Crippen molar-refractivity contribution in [1.29, 1.82) is 5.26 Å². The zero-order chi connectivity index (χ0) is 15.8. The molecule has 0 aliphatic rings. The van der Waals surface area contributed by atoms with E-state index >= 15 is 0 Å². The fraction of sp³-hybridized carbons (Fsp3) is 0.692. The topological polar surface area (TPSA) is 85.6 Å². The lowest BCUT2D eigenvalue weighted by Gasteiger charge is -2.21. The number of carbonyl (C=O) groups excluding carboxylic acids is 1. The Bertz CT molecular complexity index is 423. The van der Waals surface area contributed by atoms with Crippen molar-refractivity contribution in [3.05, 3.63) is 11.6 Å². The highest BCUT2D eigenvalue weighted by Crippen LogP contribution is 2.50. The largest absolute Gasteiger partial charge is 0.462 e. The minimum absolute atomic E-state index is 0.148. The molecule has 0 aromatic carbocycles. The van der Waals surface area contributed by atoms with Crippen LogP contribution in [0, 0.1) is 11.3 Å². The molecule has 0 N–H and O–H groups in total. The Hall–Kier alpha value is -1.15. The zero-order valence-corrected chi connectivity index (χ0v) is 13.5. The van der Waals surface area contributed by atoms with E-state index in [-0.39, 0.29) is 30.5 Å². The Morgan fingerprint density at radius 3 is 2.10 bits per heavy atom. The number of nitriles is 1. The summed E-state index contributed by atoms with van der Waals surface area (Å²) in [5, 5.41) is 8.89. The van der Waals surface area contributed by atoms with Crippen LogP contribution < -0.4 is 0 Å². The van der Waals surface area contributed by atoms with Crippen molar-refractivity contribution >= 4 is 13.6 Å². The van der Waals surface area contributed by atoms with E-state index in [9.17, 15) is 9.36 Å². The smallest absolute Gasteiger partial charge is 0.348 e. The van der Waals surface area contributed by atoms with Crippen molar-refractivity contribution in [2.45, 2.75) is 46.8 Å². The predicted molar refractivity (Wildman–Crippen MR) is 75.2 cm³/mol. The molecular weight excluding hydrogens is 281 g/mol. The standard InChI is InChI=1S/C13H22NO5P/c1-6-17-13(15)12(9-14)7-8-20(16,18-10(2)3)19-11(4)5/h7,10-11H,6,8H2,1-5H3/b12-7+. The quantitative estimate of drug-likeness (QED) is 0.296. The summed E-state index contributed by atoms with van der Waals surface area (Å²) in [6.45, 7) is 8.74. The number of rotatable bonds is 8. The van der Waals surface area contributed by atoms with Crippen molar-refractivity contribution < 1.29 is 23.1 Å². The summed E-state index contributed by atoms with van der Waals surface area (Å²) in [6, 6.07) is 1.72. The average Bonchev–Trinajstić information content (AvgIpc) is 2.27. The molecular formula is C13H22NO5P. The number of esters is 1. The first-order valence-corrected chi connectivity index (χ1v) is 8.20. The van der Waals surface area contributed by atoms with Crippen LogP contribution in [0.5, 0.6) is 0 Å². The van der Waals surface area contributed by atoms with Crippen molar-refractivity contribution in [3.8, 4) is 6.07 Å². The Morgan fingerprint density at radius 2 is 1.75 bits per heavy atom. The summed E-state index contributed by atoms with van der Waals surface area (Å²) >= 11 is 0. The first kappa shape index (κ1) is 18.9. The molecule has 0 unspecified atom stereocenters. The summed E-state index contributed by atoms with van der Waals surface area (Å²) in [6.07, 6.45) is 0.511. The van der Waals surface area contributed by atoms with Crippen molar-refractivity contribution in [2.75, 3.05) is 12.8 Å². The van der Waals surface area contributed by atoms with Gasteiger partial charge in [0.25, 0.3) is 0 Å². The monoisotopic (exact) mass is 303 g/mol. The van der Waals surface area contributed by atoms with Crippen LogP contribution >= 0.6 is 7.60 Å². The summed E-state index contributed by atoms with van der Waals surface area (Å²) < 4.78 is 27.8. The highest BCUT2D eigenvalue weighted by Gasteiger charge is 2.27. The average molecular weight is 303 g/mol. The highest BCUT2D eigenvalue weighted by molar-refractivity contribution is 7.54. The van der Waals surface area contributed by atoms with Gasteiger partial charge in [0.15, 0.2) is 0 Å². The molecule has 0 fully saturated rings. The lowest BCUT2D eigenvalue weighted by atomic mass is 10.3. The van der Waals surface area contributed by atoms with Crippen molar-refractivity contribution in [2.24, 2.45) is 0 Å². The Balaban J connectivity index is 5.02. The molecule has 0 saturated heterocycles. The third-order valence-electron chi connectivity index (χ3n) is 1.88. The van der Waals surface area contributed by atoms with Crippen LogP contribution in [0.25, 0.3) is 0 Å². The molecule has 0 rings (SSSR count). The Labute approximate surface area is 120 Å². The van der Waals surface area contributed by atoms with Gasteiger partial charge in [0, 0.05) is 0 Å². The fourth-order valence-electron chi connectivity index (χ4n) is 1.34. The summed E-state index contributed by atoms with van der Waals surface area (Å²) in [5.41, 5.74) is -0.202. The Kier molecular flexibility index (Phi) is 8.40. The van der Waals surface area contributed by atoms with Gasteiger partial charge in [-0.15, -0.1) is 0 Å². The molecule has 0 aromatic rings. The van der Waals surface area contributed by atoms with Gasteiger partial charge in [0.2, 0.25) is 0 Å². The molecule has 0 aliphatic heterocycles. The van der Waals surface area contributed by atoms with Crippen LogP contribution in [0.3, 0.4) is 0 Å². The third kappa shape index (κ3) is 7.44. The first-order chi connectivity index (χ1) is 9.24. The van der Waals surface area contributed by atoms with E-state index in [1.54, 1.807) is 40.7 Å². The van der Waals surface area contributed by atoms with Gasteiger partial charge in [-0.25, -0.2) is 4.79 Å². The van der Waals surface area contributed by atoms with Crippen LogP contribution in [0.2, 0.25) is 0 Å². The van der Waals surface area contributed by atoms with Gasteiger partial charge in [-0.1, -0.05) is 0 Å². The number of allylic oxidation sites excluding steroid dienone is 1. The van der Waals surface area contributed by atoms with Crippen LogP contribution in [0.1, 0.15) is 34.6 Å². The van der Waals surface area contributed by atoms with Crippen LogP contribution in [-0.2, 0) is 23.1 Å². The second-order valence-electron chi connectivity index (χ2n) is 4.55. The van der Waals surface area contributed by atoms with Crippen LogP contribution in [0.4, 0.5) is 0 Å². The summed E-state index contributed by atoms with van der Waals surface area (Å²) in [7, 11) is -3.39. The zero-order valence-electron chi connectivity index (χ0n) is 12.6. The molecule has 0 aromatic heterocycles. The second-order valence-corrected chi connectivity index (χ2v) is 6.56. The van der Waals surface area contributed by atoms with Gasteiger partial charge < -0.3 is 13.8 Å². The van der Waals surface area contributed by atoms with E-state index in [0.717, 1.165) is 0 Å². The summed E-state index contributed by atoms with van der Waals surface area (Å²) in [5.74, 6) is -0.740. The van der Waals surface area contributed by atoms with Crippen molar-refractivity contribution in [1.82, 2.24) is 0 Å². The maximum atomic E-state index is 12.5. The number of hydrogen-bond donors (Lipinski definition) is 0. The normalized spacial score (nSPS) is 12.6. The van der Waals surface area contributed by atoms with Crippen LogP contribution in [-0.4, -0.2) is 30.9 Å². The molecule has 7 heteroatoms. The number of ether oxygens (including phenoxy) is 1. The molecule has 6 nitrogen and oxygen atoms in total. The van der Waals surface area contributed by atoms with E-state index in [1.165, 1.54) is 6.08 Å². The van der Waals surface area contributed by atoms with Gasteiger partial charge in [0.05, 0.1) is 25.0 Å². The molecule has 0 radical (unpaired) electrons. The second kappa shape index (κ2) is 8.91. The lowest BCUT2D eigenvalue weighted by molar-refractivity contribution is -0.138. The molecule has 0 heterocycles. The minimum atomic E-state index is -3.39. The van der Waals surface area contributed by atoms with Crippen LogP contribution in [0.15, 0.2) is 11.6 Å². The maximum Gasteiger partial charge on any atom is 0.348 e. The molecule has 114 valence electrons. The maximum absolute atomic E-state index is 12.5. The molecule has 0 spiro atoms. The predicted octanol–water partition coefficient (Wildman–Crippen LogP) is 3.04. The van der Waals surface area contributed by atoms with Gasteiger partial charge in [0.1, 0.15) is 11.6 Å². The van der Waals surface area contributed by atoms with E-state index in [4.69, 9.17) is 19.0 Å². The van der Waals surface area contributed by atoms with Gasteiger partial charge in [-0.05, 0) is 40.7 Å². The first-order valence-electron chi connectivity index (χ1n) is 6.47. The molecule has 0 atom stereocenters. The van der Waals surface area contributed by atoms with Crippen molar-refractivity contribution in [3.63, 3.8) is 0 Å². The molecule has 0 bridgehead atoms. The number of nitrogens with zero attached hydrogens (tertiary/aromatic N) is 1. The summed E-state index contributed by atoms with van der Waals surface area (Å²) in [4.78, 5) is 11.5. The number of hydrogen-bond acceptors (Lipinski definition) is 6. The number of carbonyl (C=O) groups is 1. The van der Waals surface area contributed by atoms with E-state index < -0.39 is 13.6 Å². The van der Waals surface area contributed by atoms with E-state index in [1.807, 2.05) is 0 Å². The molecule has 0 aliphatic carbocycles. The lowest BCUT2D eigenvalue weighted by Crippen LogP contribution is -2.11. The van der Waals surface area contributed by atoms with E-state index in [2.05, 4.69) is 0 Å². The third-order valence-corrected chi connectivity index (χ3v) is 3.99. The van der Waals surface area contributed by atoms with Gasteiger partial charge >= 0.3 is 13.6 Å². The molecule has 0 amide bonds. The highest BCUT2D eigenvalue weighted by atomic mass is 31.2.